The number of benzene rings is 1. The first kappa shape index (κ1) is 15.0. The Balaban J connectivity index is 2.22. The second kappa shape index (κ2) is 4.52. The van der Waals surface area contributed by atoms with Gasteiger partial charge in [-0.25, -0.2) is 13.5 Å². The van der Waals surface area contributed by atoms with Gasteiger partial charge in [0.25, 0.3) is 5.92 Å². The van der Waals surface area contributed by atoms with Crippen molar-refractivity contribution in [2.75, 3.05) is 0 Å². The van der Waals surface area contributed by atoms with Crippen LogP contribution in [-0.4, -0.2) is 20.8 Å². The lowest BCUT2D eigenvalue weighted by molar-refractivity contribution is -0.146. The Morgan fingerprint density at radius 1 is 1.23 bits per heavy atom. The zero-order chi connectivity index (χ0) is 16.3. The first-order valence-electron chi connectivity index (χ1n) is 6.43. The van der Waals surface area contributed by atoms with E-state index in [0.717, 1.165) is 10.2 Å². The Kier molecular flexibility index (Phi) is 3.07. The molecule has 1 heterocycles. The Hall–Kier alpha value is -1.96. The van der Waals surface area contributed by atoms with E-state index in [4.69, 9.17) is 0 Å². The van der Waals surface area contributed by atoms with E-state index in [2.05, 4.69) is 5.10 Å². The summed E-state index contributed by atoms with van der Waals surface area (Å²) < 4.78 is 67.2. The third kappa shape index (κ3) is 2.18. The van der Waals surface area contributed by atoms with Gasteiger partial charge in [0.05, 0.1) is 17.8 Å². The lowest BCUT2D eigenvalue weighted by Crippen LogP contribution is -2.24. The van der Waals surface area contributed by atoms with Crippen molar-refractivity contribution in [3.63, 3.8) is 0 Å². The van der Waals surface area contributed by atoms with E-state index in [9.17, 15) is 27.1 Å². The van der Waals surface area contributed by atoms with Crippen molar-refractivity contribution in [1.29, 1.82) is 0 Å². The van der Waals surface area contributed by atoms with Crippen LogP contribution in [0.25, 0.3) is 5.69 Å². The minimum absolute atomic E-state index is 0.238. The first-order valence-corrected chi connectivity index (χ1v) is 6.43. The molecule has 8 heteroatoms. The molecule has 0 spiro atoms. The largest absolute Gasteiger partial charge is 0.435 e. The maximum atomic E-state index is 13.6. The van der Waals surface area contributed by atoms with Gasteiger partial charge in [0.15, 0.2) is 5.69 Å². The normalized spacial score (nSPS) is 20.2. The van der Waals surface area contributed by atoms with Crippen LogP contribution in [0, 0.1) is 6.92 Å². The van der Waals surface area contributed by atoms with E-state index in [0.29, 0.717) is 0 Å². The molecule has 0 aliphatic heterocycles. The summed E-state index contributed by atoms with van der Waals surface area (Å²) in [5.41, 5.74) is -1.50. The average molecular weight is 318 g/mol. The molecule has 0 fully saturated rings. The van der Waals surface area contributed by atoms with Gasteiger partial charge >= 0.3 is 6.18 Å². The molecule has 1 aromatic carbocycles. The van der Waals surface area contributed by atoms with Crippen LogP contribution in [0.4, 0.5) is 22.0 Å². The van der Waals surface area contributed by atoms with E-state index < -0.39 is 35.9 Å². The molecule has 1 aromatic heterocycles. The summed E-state index contributed by atoms with van der Waals surface area (Å²) in [6.45, 7) is 1.79. The predicted octanol–water partition coefficient (Wildman–Crippen LogP) is 3.42. The standard InChI is InChI=1S/C14H11F5N2O/c1-7-2-4-8(5-3-7)21-9-6-13(15,16)12(22)10(9)11(20-21)14(17,18)19/h2-5,12,22H,6H2,1H3/t12-/m0/s1. The number of hydrogen-bond donors (Lipinski definition) is 1. The predicted molar refractivity (Wildman–Crippen MR) is 66.9 cm³/mol. The molecule has 0 saturated heterocycles. The topological polar surface area (TPSA) is 38.0 Å². The number of aryl methyl sites for hydroxylation is 1. The molecule has 0 amide bonds. The average Bonchev–Trinajstić information content (AvgIpc) is 2.86. The van der Waals surface area contributed by atoms with Crippen molar-refractivity contribution < 1.29 is 27.1 Å². The number of aliphatic hydroxyl groups is 1. The Morgan fingerprint density at radius 2 is 1.82 bits per heavy atom. The van der Waals surface area contributed by atoms with Gasteiger partial charge in [-0.3, -0.25) is 0 Å². The van der Waals surface area contributed by atoms with Crippen LogP contribution >= 0.6 is 0 Å². The second-order valence-corrected chi connectivity index (χ2v) is 5.29. The van der Waals surface area contributed by atoms with Crippen LogP contribution in [0.5, 0.6) is 0 Å². The van der Waals surface area contributed by atoms with Crippen molar-refractivity contribution in [3.8, 4) is 5.69 Å². The van der Waals surface area contributed by atoms with Crippen LogP contribution in [0.2, 0.25) is 0 Å². The maximum Gasteiger partial charge on any atom is 0.435 e. The molecule has 3 rings (SSSR count). The number of aliphatic hydroxyl groups excluding tert-OH is 1. The Morgan fingerprint density at radius 3 is 2.36 bits per heavy atom. The molecule has 1 aliphatic carbocycles. The zero-order valence-electron chi connectivity index (χ0n) is 11.3. The first-order chi connectivity index (χ1) is 10.1. The maximum absolute atomic E-state index is 13.6. The number of halogens is 5. The van der Waals surface area contributed by atoms with Crippen molar-refractivity contribution >= 4 is 0 Å². The van der Waals surface area contributed by atoms with Gasteiger partial charge in [-0.05, 0) is 19.1 Å². The molecule has 3 nitrogen and oxygen atoms in total. The SMILES string of the molecule is Cc1ccc(-n2nc(C(F)(F)F)c3c2CC(F)(F)[C@H]3O)cc1. The molecule has 1 aliphatic rings. The fraction of sp³-hybridized carbons (Fsp3) is 0.357. The quantitative estimate of drug-likeness (QED) is 0.818. The fourth-order valence-corrected chi connectivity index (χ4v) is 2.56. The van der Waals surface area contributed by atoms with Gasteiger partial charge < -0.3 is 5.11 Å². The Bertz CT molecular complexity index is 718. The summed E-state index contributed by atoms with van der Waals surface area (Å²) in [7, 11) is 0. The molecular weight excluding hydrogens is 307 g/mol. The highest BCUT2D eigenvalue weighted by Crippen LogP contribution is 2.48. The van der Waals surface area contributed by atoms with Gasteiger partial charge in [0, 0.05) is 5.56 Å². The van der Waals surface area contributed by atoms with Crippen LogP contribution < -0.4 is 0 Å². The van der Waals surface area contributed by atoms with E-state index in [-0.39, 0.29) is 11.4 Å². The minimum atomic E-state index is -4.92. The Labute approximate surface area is 122 Å². The number of rotatable bonds is 1. The van der Waals surface area contributed by atoms with Crippen molar-refractivity contribution in [1.82, 2.24) is 9.78 Å². The second-order valence-electron chi connectivity index (χ2n) is 5.29. The number of aromatic nitrogens is 2. The van der Waals surface area contributed by atoms with Crippen molar-refractivity contribution in [2.24, 2.45) is 0 Å². The molecule has 1 atom stereocenters. The highest BCUT2D eigenvalue weighted by atomic mass is 19.4. The van der Waals surface area contributed by atoms with E-state index >= 15 is 0 Å². The summed E-state index contributed by atoms with van der Waals surface area (Å²) in [5, 5.41) is 13.0. The summed E-state index contributed by atoms with van der Waals surface area (Å²) in [4.78, 5) is 0. The van der Waals surface area contributed by atoms with E-state index in [1.807, 2.05) is 0 Å². The summed E-state index contributed by atoms with van der Waals surface area (Å²) in [6.07, 6.45) is -8.40. The monoisotopic (exact) mass is 318 g/mol. The van der Waals surface area contributed by atoms with Crippen LogP contribution in [0.15, 0.2) is 24.3 Å². The lowest BCUT2D eigenvalue weighted by Gasteiger charge is -2.15. The van der Waals surface area contributed by atoms with Gasteiger partial charge in [-0.2, -0.15) is 18.3 Å². The smallest absolute Gasteiger partial charge is 0.382 e. The molecule has 22 heavy (non-hydrogen) atoms. The lowest BCUT2D eigenvalue weighted by atomic mass is 10.1. The molecule has 118 valence electrons. The summed E-state index contributed by atoms with van der Waals surface area (Å²) in [6, 6.07) is 6.26. The number of fused-ring (bicyclic) bond motifs is 1. The number of nitrogens with zero attached hydrogens (tertiary/aromatic N) is 2. The molecule has 0 unspecified atom stereocenters. The zero-order valence-corrected chi connectivity index (χ0v) is 11.3. The highest BCUT2D eigenvalue weighted by Gasteiger charge is 2.54. The van der Waals surface area contributed by atoms with Gasteiger partial charge in [-0.15, -0.1) is 0 Å². The molecule has 0 radical (unpaired) electrons. The third-order valence-electron chi connectivity index (χ3n) is 3.65. The highest BCUT2D eigenvalue weighted by molar-refractivity contribution is 5.44. The van der Waals surface area contributed by atoms with Gasteiger partial charge in [0.2, 0.25) is 0 Å². The minimum Gasteiger partial charge on any atom is -0.382 e. The summed E-state index contributed by atoms with van der Waals surface area (Å²) >= 11 is 0. The fourth-order valence-electron chi connectivity index (χ4n) is 2.56. The van der Waals surface area contributed by atoms with E-state index in [1.165, 1.54) is 12.1 Å². The molecule has 0 saturated carbocycles. The van der Waals surface area contributed by atoms with Crippen molar-refractivity contribution in [2.45, 2.75) is 31.5 Å². The molecule has 0 bridgehead atoms. The van der Waals surface area contributed by atoms with Gasteiger partial charge in [0.1, 0.15) is 6.10 Å². The molecule has 2 aromatic rings. The number of alkyl halides is 5. The van der Waals surface area contributed by atoms with E-state index in [1.54, 1.807) is 19.1 Å². The molecular formula is C14H11F5N2O. The number of hydrogen-bond acceptors (Lipinski definition) is 2. The van der Waals surface area contributed by atoms with Crippen LogP contribution in [0.1, 0.15) is 28.6 Å². The summed E-state index contributed by atoms with van der Waals surface area (Å²) in [5.74, 6) is -3.64. The van der Waals surface area contributed by atoms with Crippen LogP contribution in [-0.2, 0) is 12.6 Å². The third-order valence-corrected chi connectivity index (χ3v) is 3.65. The van der Waals surface area contributed by atoms with Crippen molar-refractivity contribution in [3.05, 3.63) is 46.8 Å². The van der Waals surface area contributed by atoms with Gasteiger partial charge in [-0.1, -0.05) is 17.7 Å². The molecule has 1 N–H and O–H groups in total. The van der Waals surface area contributed by atoms with Crippen LogP contribution in [0.3, 0.4) is 0 Å².